The van der Waals surface area contributed by atoms with E-state index in [-0.39, 0.29) is 12.6 Å². The van der Waals surface area contributed by atoms with Crippen LogP contribution in [0.4, 0.5) is 16.2 Å². The van der Waals surface area contributed by atoms with Crippen molar-refractivity contribution in [2.75, 3.05) is 17.6 Å². The van der Waals surface area contributed by atoms with Crippen molar-refractivity contribution in [2.45, 2.75) is 19.4 Å². The SMILES string of the molecule is CCC(O)CNC(=O)Nc1ccc2nc(-c3ccccc3)c(-c3ccccc3)c(N)c2c1. The van der Waals surface area contributed by atoms with E-state index >= 15 is 0 Å². The van der Waals surface area contributed by atoms with Gasteiger partial charge in [0.25, 0.3) is 0 Å². The van der Waals surface area contributed by atoms with E-state index in [4.69, 9.17) is 10.7 Å². The third-order valence-corrected chi connectivity index (χ3v) is 5.36. The Morgan fingerprint density at radius 1 is 1.00 bits per heavy atom. The summed E-state index contributed by atoms with van der Waals surface area (Å²) in [5.41, 5.74) is 12.3. The zero-order chi connectivity index (χ0) is 22.5. The summed E-state index contributed by atoms with van der Waals surface area (Å²) in [6.07, 6.45) is 0.00632. The summed E-state index contributed by atoms with van der Waals surface area (Å²) in [4.78, 5) is 17.1. The van der Waals surface area contributed by atoms with Crippen LogP contribution in [0.5, 0.6) is 0 Å². The molecule has 0 aliphatic carbocycles. The van der Waals surface area contributed by atoms with Crippen molar-refractivity contribution >= 4 is 28.3 Å². The monoisotopic (exact) mass is 426 g/mol. The average molecular weight is 427 g/mol. The topological polar surface area (TPSA) is 100 Å². The van der Waals surface area contributed by atoms with Crippen molar-refractivity contribution in [3.63, 3.8) is 0 Å². The Bertz CT molecular complexity index is 1230. The summed E-state index contributed by atoms with van der Waals surface area (Å²) in [6.45, 7) is 2.05. The molecule has 0 saturated heterocycles. The third kappa shape index (κ3) is 4.55. The molecule has 1 aromatic heterocycles. The molecular weight excluding hydrogens is 400 g/mol. The Kier molecular flexibility index (Phi) is 6.33. The number of urea groups is 1. The van der Waals surface area contributed by atoms with E-state index in [1.807, 2.05) is 79.7 Å². The molecule has 1 atom stereocenters. The molecule has 1 unspecified atom stereocenters. The van der Waals surface area contributed by atoms with Crippen molar-refractivity contribution in [1.82, 2.24) is 10.3 Å². The summed E-state index contributed by atoms with van der Waals surface area (Å²) in [5.74, 6) is 0. The number of pyridine rings is 1. The van der Waals surface area contributed by atoms with Gasteiger partial charge < -0.3 is 21.5 Å². The molecule has 1 heterocycles. The molecular formula is C26H26N4O2. The van der Waals surface area contributed by atoms with Gasteiger partial charge in [-0.05, 0) is 30.2 Å². The van der Waals surface area contributed by atoms with Gasteiger partial charge in [0.2, 0.25) is 0 Å². The number of carbonyl (C=O) groups is 1. The number of aliphatic hydroxyl groups is 1. The maximum Gasteiger partial charge on any atom is 0.319 e. The largest absolute Gasteiger partial charge is 0.398 e. The molecule has 32 heavy (non-hydrogen) atoms. The standard InChI is InChI=1S/C26H26N4O2/c1-2-20(31)16-28-26(32)29-19-13-14-22-21(15-19)24(27)23(17-9-5-3-6-10-17)25(30-22)18-11-7-4-8-12-18/h3-15,20,31H,2,16H2,1H3,(H2,27,30)(H2,28,29,32). The summed E-state index contributed by atoms with van der Waals surface area (Å²) in [6, 6.07) is 25.0. The van der Waals surface area contributed by atoms with Crippen molar-refractivity contribution in [1.29, 1.82) is 0 Å². The molecule has 0 fully saturated rings. The van der Waals surface area contributed by atoms with Gasteiger partial charge in [-0.3, -0.25) is 0 Å². The average Bonchev–Trinajstić information content (AvgIpc) is 2.83. The second kappa shape index (κ2) is 9.49. The molecule has 0 aliphatic rings. The van der Waals surface area contributed by atoms with Crippen LogP contribution in [0.3, 0.4) is 0 Å². The lowest BCUT2D eigenvalue weighted by Gasteiger charge is -2.16. The highest BCUT2D eigenvalue weighted by molar-refractivity contribution is 6.05. The molecule has 0 bridgehead atoms. The number of benzene rings is 3. The van der Waals surface area contributed by atoms with E-state index in [0.29, 0.717) is 17.8 Å². The number of nitrogens with zero attached hydrogens (tertiary/aromatic N) is 1. The minimum absolute atomic E-state index is 0.193. The first kappa shape index (κ1) is 21.3. The minimum atomic E-state index is -0.568. The van der Waals surface area contributed by atoms with Crippen molar-refractivity contribution in [3.05, 3.63) is 78.9 Å². The summed E-state index contributed by atoms with van der Waals surface area (Å²) in [5, 5.41) is 15.9. The molecule has 0 aliphatic heterocycles. The first-order valence-corrected chi connectivity index (χ1v) is 10.6. The number of anilines is 2. The quantitative estimate of drug-likeness (QED) is 0.347. The van der Waals surface area contributed by atoms with Gasteiger partial charge in [0, 0.05) is 28.7 Å². The fraction of sp³-hybridized carbons (Fsp3) is 0.154. The molecule has 6 heteroatoms. The van der Waals surface area contributed by atoms with Gasteiger partial charge in [-0.2, -0.15) is 0 Å². The van der Waals surface area contributed by atoms with E-state index < -0.39 is 6.10 Å². The van der Waals surface area contributed by atoms with Crippen LogP contribution < -0.4 is 16.4 Å². The summed E-state index contributed by atoms with van der Waals surface area (Å²) < 4.78 is 0. The van der Waals surface area contributed by atoms with Crippen molar-refractivity contribution in [2.24, 2.45) is 0 Å². The predicted molar refractivity (Wildman–Crippen MR) is 130 cm³/mol. The number of fused-ring (bicyclic) bond motifs is 1. The zero-order valence-electron chi connectivity index (χ0n) is 17.9. The Morgan fingerprint density at radius 3 is 2.31 bits per heavy atom. The first-order chi connectivity index (χ1) is 15.6. The minimum Gasteiger partial charge on any atom is -0.398 e. The van der Waals surface area contributed by atoms with Crippen LogP contribution >= 0.6 is 0 Å². The molecule has 0 spiro atoms. The Morgan fingerprint density at radius 2 is 1.66 bits per heavy atom. The number of nitrogens with two attached hydrogens (primary N) is 1. The van der Waals surface area contributed by atoms with Crippen LogP contribution in [-0.2, 0) is 0 Å². The number of aliphatic hydroxyl groups excluding tert-OH is 1. The normalized spacial score (nSPS) is 11.8. The Hall–Kier alpha value is -3.90. The number of carbonyl (C=O) groups excluding carboxylic acids is 1. The number of nitrogens with one attached hydrogen (secondary N) is 2. The molecule has 4 rings (SSSR count). The Balaban J connectivity index is 1.77. The zero-order valence-corrected chi connectivity index (χ0v) is 17.9. The van der Waals surface area contributed by atoms with Crippen LogP contribution in [0.1, 0.15) is 13.3 Å². The van der Waals surface area contributed by atoms with Gasteiger partial charge >= 0.3 is 6.03 Å². The van der Waals surface area contributed by atoms with Gasteiger partial charge in [0.1, 0.15) is 0 Å². The van der Waals surface area contributed by atoms with Crippen molar-refractivity contribution < 1.29 is 9.90 Å². The van der Waals surface area contributed by atoms with E-state index in [1.54, 1.807) is 6.07 Å². The fourth-order valence-electron chi connectivity index (χ4n) is 3.60. The van der Waals surface area contributed by atoms with E-state index in [2.05, 4.69) is 10.6 Å². The fourth-order valence-corrected chi connectivity index (χ4v) is 3.60. The maximum absolute atomic E-state index is 12.2. The highest BCUT2D eigenvalue weighted by Gasteiger charge is 2.17. The van der Waals surface area contributed by atoms with E-state index in [1.165, 1.54) is 0 Å². The van der Waals surface area contributed by atoms with Crippen LogP contribution in [-0.4, -0.2) is 28.8 Å². The smallest absolute Gasteiger partial charge is 0.319 e. The van der Waals surface area contributed by atoms with Crippen molar-refractivity contribution in [3.8, 4) is 22.4 Å². The van der Waals surface area contributed by atoms with Crippen LogP contribution in [0.25, 0.3) is 33.3 Å². The number of hydrogen-bond acceptors (Lipinski definition) is 4. The molecule has 0 saturated carbocycles. The molecule has 4 aromatic rings. The lowest BCUT2D eigenvalue weighted by molar-refractivity contribution is 0.168. The number of amides is 2. The van der Waals surface area contributed by atoms with Crippen LogP contribution in [0.2, 0.25) is 0 Å². The number of aromatic nitrogens is 1. The number of hydrogen-bond donors (Lipinski definition) is 4. The number of rotatable bonds is 6. The predicted octanol–water partition coefficient (Wildman–Crippen LogP) is 5.04. The number of nitrogen functional groups attached to an aromatic ring is 1. The molecule has 0 radical (unpaired) electrons. The van der Waals surface area contributed by atoms with Gasteiger partial charge in [0.05, 0.1) is 23.0 Å². The maximum atomic E-state index is 12.2. The Labute approximate surface area is 187 Å². The van der Waals surface area contributed by atoms with Gasteiger partial charge in [-0.15, -0.1) is 0 Å². The second-order valence-corrected chi connectivity index (χ2v) is 7.61. The molecule has 3 aromatic carbocycles. The van der Waals surface area contributed by atoms with Gasteiger partial charge in [-0.25, -0.2) is 9.78 Å². The molecule has 5 N–H and O–H groups in total. The second-order valence-electron chi connectivity index (χ2n) is 7.61. The molecule has 162 valence electrons. The van der Waals surface area contributed by atoms with Gasteiger partial charge in [0.15, 0.2) is 0 Å². The third-order valence-electron chi connectivity index (χ3n) is 5.36. The van der Waals surface area contributed by atoms with E-state index in [9.17, 15) is 9.90 Å². The lowest BCUT2D eigenvalue weighted by atomic mass is 9.95. The molecule has 2 amide bonds. The highest BCUT2D eigenvalue weighted by atomic mass is 16.3. The highest BCUT2D eigenvalue weighted by Crippen LogP contribution is 2.39. The summed E-state index contributed by atoms with van der Waals surface area (Å²) >= 11 is 0. The van der Waals surface area contributed by atoms with Crippen LogP contribution in [0.15, 0.2) is 78.9 Å². The van der Waals surface area contributed by atoms with Crippen LogP contribution in [0, 0.1) is 0 Å². The summed E-state index contributed by atoms with van der Waals surface area (Å²) in [7, 11) is 0. The lowest BCUT2D eigenvalue weighted by Crippen LogP contribution is -2.34. The molecule has 6 nitrogen and oxygen atoms in total. The first-order valence-electron chi connectivity index (χ1n) is 10.6. The van der Waals surface area contributed by atoms with Gasteiger partial charge in [-0.1, -0.05) is 67.6 Å². The van der Waals surface area contributed by atoms with E-state index in [0.717, 1.165) is 33.3 Å².